The van der Waals surface area contributed by atoms with Crippen LogP contribution < -0.4 is 21.1 Å². The van der Waals surface area contributed by atoms with Gasteiger partial charge in [-0.25, -0.2) is 9.29 Å². The molecule has 2 aromatic heterocycles. The van der Waals surface area contributed by atoms with Crippen LogP contribution in [0.15, 0.2) is 11.1 Å². The Bertz CT molecular complexity index is 1340. The van der Waals surface area contributed by atoms with Crippen LogP contribution in [0, 0.1) is 5.92 Å². The van der Waals surface area contributed by atoms with Crippen molar-refractivity contribution in [2.24, 2.45) is 5.92 Å². The number of nitrogens with two attached hydrogens (primary N) is 1. The van der Waals surface area contributed by atoms with Crippen molar-refractivity contribution in [3.8, 4) is 0 Å². The zero-order valence-electron chi connectivity index (χ0n) is 19.6. The van der Waals surface area contributed by atoms with Crippen LogP contribution in [0.25, 0.3) is 11.2 Å². The predicted molar refractivity (Wildman–Crippen MR) is 119 cm³/mol. The van der Waals surface area contributed by atoms with Crippen LogP contribution in [0.5, 0.6) is 0 Å². The summed E-state index contributed by atoms with van der Waals surface area (Å²) >= 11 is 0. The van der Waals surface area contributed by atoms with E-state index in [0.717, 1.165) is 10.9 Å². The van der Waals surface area contributed by atoms with Gasteiger partial charge < -0.3 is 59.9 Å². The number of rotatable bonds is 9. The lowest BCUT2D eigenvalue weighted by atomic mass is 9.81. The van der Waals surface area contributed by atoms with E-state index in [4.69, 9.17) is 10.5 Å². The first kappa shape index (κ1) is 30.1. The van der Waals surface area contributed by atoms with E-state index in [2.05, 4.69) is 28.3 Å². The average molecular weight is 601 g/mol. The molecule has 9 N–H and O–H groups in total. The number of aromatic amines is 1. The quantitative estimate of drug-likeness (QED) is 0.124. The molecule has 22 heteroatoms. The minimum atomic E-state index is -5.78. The maximum absolute atomic E-state index is 12.2. The first-order valence-corrected chi connectivity index (χ1v) is 14.1. The zero-order valence-corrected chi connectivity index (χ0v) is 21.4. The van der Waals surface area contributed by atoms with Crippen molar-refractivity contribution in [2.75, 3.05) is 18.9 Å². The zero-order chi connectivity index (χ0) is 28.9. The fraction of sp³-hybridized carbons (Fsp3) is 0.706. The number of fused-ring (bicyclic) bond motifs is 1. The molecule has 1 aliphatic heterocycles. The first-order valence-electron chi connectivity index (χ1n) is 11.2. The van der Waals surface area contributed by atoms with Crippen molar-refractivity contribution in [1.29, 1.82) is 0 Å². The van der Waals surface area contributed by atoms with E-state index in [9.17, 15) is 54.4 Å². The Kier molecular flexibility index (Phi) is 8.63. The highest BCUT2D eigenvalue weighted by Crippen LogP contribution is 2.57. The fourth-order valence-electron chi connectivity index (χ4n) is 4.29. The number of nitrogens with one attached hydrogen (secondary N) is 1. The van der Waals surface area contributed by atoms with Crippen LogP contribution in [0.4, 0.5) is 5.95 Å². The molecule has 1 saturated heterocycles. The molecule has 11 atom stereocenters. The maximum Gasteiger partial charge on any atom is 0.280 e. The van der Waals surface area contributed by atoms with Crippen molar-refractivity contribution >= 4 is 32.8 Å². The summed E-state index contributed by atoms with van der Waals surface area (Å²) in [6, 6.07) is 0. The van der Waals surface area contributed by atoms with Gasteiger partial charge in [0.05, 0.1) is 25.1 Å². The summed E-state index contributed by atoms with van der Waals surface area (Å²) in [5, 5.41) is 59.5. The average Bonchev–Trinajstić information content (AvgIpc) is 3.38. The van der Waals surface area contributed by atoms with Gasteiger partial charge in [-0.1, -0.05) is 0 Å². The normalized spacial score (nSPS) is 36.6. The van der Waals surface area contributed by atoms with Crippen molar-refractivity contribution in [1.82, 2.24) is 19.5 Å². The molecule has 5 unspecified atom stereocenters. The van der Waals surface area contributed by atoms with Gasteiger partial charge in [-0.3, -0.25) is 23.5 Å². The van der Waals surface area contributed by atoms with Crippen LogP contribution in [-0.2, 0) is 27.2 Å². The number of imidazole rings is 1. The molecule has 1 saturated carbocycles. The SMILES string of the molecule is Nc1nc2c(ncn2[C@@H]2O[C@H](COP(=O)([O-])OP(=O)([O-])O[C@H]3CC(CO)[C@@H](O)[C@H](O)C3O)[C@H](O)C2O)c(=O)[nH]1. The molecular formula is C17H25N5O15P2-2. The highest BCUT2D eigenvalue weighted by molar-refractivity contribution is 7.59. The summed E-state index contributed by atoms with van der Waals surface area (Å²) < 4.78 is 43.8. The second kappa shape index (κ2) is 11.2. The second-order valence-corrected chi connectivity index (χ2v) is 11.8. The van der Waals surface area contributed by atoms with Gasteiger partial charge in [0.2, 0.25) is 5.95 Å². The molecular weight excluding hydrogens is 576 g/mol. The molecule has 220 valence electrons. The standard InChI is InChI=1S/C17H27N5O15P2/c18-17-20-14-8(15(29)21-17)19-4-22(14)16-13(28)11(26)7(35-16)3-34-38(30,31)37-39(32,33)36-6-1-5(2-23)9(24)12(27)10(6)25/h4-7,9-13,16,23-28H,1-3H2,(H,30,31)(H,32,33)(H3,18,20,21,29)/p-2/t5?,6-,7+,9+,10?,11-,12-,13?,16+/m0/s1. The minimum absolute atomic E-state index is 0.123. The van der Waals surface area contributed by atoms with Gasteiger partial charge in [0.15, 0.2) is 17.4 Å². The van der Waals surface area contributed by atoms with Crippen LogP contribution in [0.2, 0.25) is 0 Å². The Balaban J connectivity index is 1.39. The molecule has 4 rings (SSSR count). The van der Waals surface area contributed by atoms with Crippen LogP contribution in [0.3, 0.4) is 0 Å². The summed E-state index contributed by atoms with van der Waals surface area (Å²) in [4.78, 5) is 46.2. The minimum Gasteiger partial charge on any atom is -0.756 e. The largest absolute Gasteiger partial charge is 0.756 e. The van der Waals surface area contributed by atoms with E-state index in [-0.39, 0.29) is 17.1 Å². The highest BCUT2D eigenvalue weighted by atomic mass is 31.3. The van der Waals surface area contributed by atoms with E-state index in [0.29, 0.717) is 0 Å². The number of aliphatic hydroxyl groups is 6. The van der Waals surface area contributed by atoms with Gasteiger partial charge in [-0.2, -0.15) is 4.98 Å². The lowest BCUT2D eigenvalue weighted by Crippen LogP contribution is -2.55. The third-order valence-electron chi connectivity index (χ3n) is 6.26. The molecule has 1 aliphatic carbocycles. The second-order valence-electron chi connectivity index (χ2n) is 8.89. The van der Waals surface area contributed by atoms with Gasteiger partial charge in [0, 0.05) is 12.5 Å². The number of anilines is 1. The van der Waals surface area contributed by atoms with Gasteiger partial charge in [-0.15, -0.1) is 0 Å². The van der Waals surface area contributed by atoms with Crippen LogP contribution in [-0.4, -0.2) is 106 Å². The van der Waals surface area contributed by atoms with Gasteiger partial charge in [0.25, 0.3) is 21.2 Å². The molecule has 20 nitrogen and oxygen atoms in total. The molecule has 0 spiro atoms. The first-order chi connectivity index (χ1) is 18.1. The van der Waals surface area contributed by atoms with E-state index in [1.807, 2.05) is 0 Å². The maximum atomic E-state index is 12.2. The molecule has 2 aromatic rings. The summed E-state index contributed by atoms with van der Waals surface area (Å²) in [6.07, 6.45) is -13.2. The summed E-state index contributed by atoms with van der Waals surface area (Å²) in [5.74, 6) is -1.38. The lowest BCUT2D eigenvalue weighted by Gasteiger charge is -2.42. The number of H-pyrrole nitrogens is 1. The molecule has 0 radical (unpaired) electrons. The Morgan fingerprint density at radius 3 is 2.46 bits per heavy atom. The molecule has 0 aromatic carbocycles. The summed E-state index contributed by atoms with van der Waals surface area (Å²) in [7, 11) is -11.5. The topological polar surface area (TPSA) is 328 Å². The van der Waals surface area contributed by atoms with Crippen molar-refractivity contribution in [2.45, 2.75) is 55.4 Å². The number of nitrogens with zero attached hydrogens (tertiary/aromatic N) is 3. The molecule has 3 heterocycles. The van der Waals surface area contributed by atoms with Gasteiger partial charge in [0.1, 0.15) is 30.5 Å². The smallest absolute Gasteiger partial charge is 0.280 e. The Labute approximate surface area is 217 Å². The van der Waals surface area contributed by atoms with Gasteiger partial charge >= 0.3 is 0 Å². The number of hydrogen-bond donors (Lipinski definition) is 8. The van der Waals surface area contributed by atoms with E-state index < -0.39 is 95.7 Å². The molecule has 2 fully saturated rings. The number of phosphoric acid groups is 2. The summed E-state index contributed by atoms with van der Waals surface area (Å²) in [6.45, 7) is -1.76. The number of ether oxygens (including phenoxy) is 1. The fourth-order valence-corrected chi connectivity index (χ4v) is 6.48. The number of phosphoric ester groups is 2. The molecule has 0 bridgehead atoms. The Hall–Kier alpha value is -1.87. The number of aliphatic hydroxyl groups excluding tert-OH is 6. The summed E-state index contributed by atoms with van der Waals surface area (Å²) in [5.41, 5.74) is 4.52. The van der Waals surface area contributed by atoms with Gasteiger partial charge in [-0.05, 0) is 6.42 Å². The number of aromatic nitrogens is 4. The van der Waals surface area contributed by atoms with E-state index in [1.54, 1.807) is 0 Å². The van der Waals surface area contributed by atoms with E-state index >= 15 is 0 Å². The van der Waals surface area contributed by atoms with Crippen LogP contribution in [0.1, 0.15) is 12.6 Å². The molecule has 39 heavy (non-hydrogen) atoms. The monoisotopic (exact) mass is 601 g/mol. The molecule has 0 amide bonds. The van der Waals surface area contributed by atoms with Crippen molar-refractivity contribution in [3.63, 3.8) is 0 Å². The highest BCUT2D eigenvalue weighted by Gasteiger charge is 2.46. The third-order valence-corrected chi connectivity index (χ3v) is 8.85. The van der Waals surface area contributed by atoms with Crippen LogP contribution >= 0.6 is 15.6 Å². The molecule has 2 aliphatic rings. The Morgan fingerprint density at radius 1 is 1.10 bits per heavy atom. The van der Waals surface area contributed by atoms with Crippen molar-refractivity contribution < 1.29 is 67.7 Å². The third kappa shape index (κ3) is 6.24. The van der Waals surface area contributed by atoms with E-state index in [1.165, 1.54) is 0 Å². The lowest BCUT2D eigenvalue weighted by molar-refractivity contribution is -0.254. The number of hydrogen-bond acceptors (Lipinski definition) is 18. The van der Waals surface area contributed by atoms with Crippen molar-refractivity contribution in [3.05, 3.63) is 16.7 Å². The predicted octanol–water partition coefficient (Wildman–Crippen LogP) is -5.23. The Morgan fingerprint density at radius 2 is 1.79 bits per heavy atom. The number of nitrogen functional groups attached to an aromatic ring is 1.